The van der Waals surface area contributed by atoms with Crippen molar-refractivity contribution in [2.45, 2.75) is 0 Å². The molecule has 0 aliphatic heterocycles. The maximum atomic E-state index is 12.1. The fourth-order valence-electron chi connectivity index (χ4n) is 2.65. The summed E-state index contributed by atoms with van der Waals surface area (Å²) in [6, 6.07) is 25.7. The van der Waals surface area contributed by atoms with Gasteiger partial charge in [-0.2, -0.15) is 0 Å². The molecular formula is C26H22O4. The summed E-state index contributed by atoms with van der Waals surface area (Å²) in [6.07, 6.45) is 7.33. The minimum atomic E-state index is -0.446. The lowest BCUT2D eigenvalue weighted by molar-refractivity contribution is 0.0535. The van der Waals surface area contributed by atoms with Gasteiger partial charge < -0.3 is 9.47 Å². The van der Waals surface area contributed by atoms with Crippen molar-refractivity contribution in [3.8, 4) is 0 Å². The molecule has 150 valence electrons. The van der Waals surface area contributed by atoms with Crippen LogP contribution in [0.25, 0.3) is 12.2 Å². The molecule has 0 saturated heterocycles. The first-order valence-corrected chi connectivity index (χ1v) is 9.60. The van der Waals surface area contributed by atoms with Crippen molar-refractivity contribution in [1.82, 2.24) is 0 Å². The number of hydrogen-bond donors (Lipinski definition) is 0. The monoisotopic (exact) mass is 398 g/mol. The fourth-order valence-corrected chi connectivity index (χ4v) is 2.65. The molecule has 3 aromatic carbocycles. The summed E-state index contributed by atoms with van der Waals surface area (Å²) < 4.78 is 10.4. The Bertz CT molecular complexity index is 919. The van der Waals surface area contributed by atoms with E-state index in [0.717, 1.165) is 11.1 Å². The van der Waals surface area contributed by atoms with Gasteiger partial charge in [0.1, 0.15) is 13.2 Å². The highest BCUT2D eigenvalue weighted by Crippen LogP contribution is 2.09. The molecule has 3 rings (SSSR count). The maximum Gasteiger partial charge on any atom is 0.338 e. The van der Waals surface area contributed by atoms with Gasteiger partial charge in [0.05, 0.1) is 11.1 Å². The van der Waals surface area contributed by atoms with Crippen molar-refractivity contribution in [1.29, 1.82) is 0 Å². The summed E-state index contributed by atoms with van der Waals surface area (Å²) in [6.45, 7) is 0.344. The molecule has 0 bridgehead atoms. The lowest BCUT2D eigenvalue weighted by atomic mass is 10.1. The molecule has 0 aliphatic carbocycles. The molecule has 0 saturated carbocycles. The van der Waals surface area contributed by atoms with E-state index in [9.17, 15) is 9.59 Å². The SMILES string of the molecule is O=C(OCC=Cc1ccccc1)c1ccc(C(=O)OCC=Cc2ccccc2)cc1. The fraction of sp³-hybridized carbons (Fsp3) is 0.0769. The van der Waals surface area contributed by atoms with Crippen molar-refractivity contribution in [3.63, 3.8) is 0 Å². The maximum absolute atomic E-state index is 12.1. The van der Waals surface area contributed by atoms with Gasteiger partial charge in [-0.1, -0.05) is 72.8 Å². The smallest absolute Gasteiger partial charge is 0.338 e. The summed E-state index contributed by atoms with van der Waals surface area (Å²) in [4.78, 5) is 24.2. The van der Waals surface area contributed by atoms with Crippen LogP contribution in [0.15, 0.2) is 97.1 Å². The van der Waals surface area contributed by atoms with E-state index >= 15 is 0 Å². The number of ether oxygens (including phenoxy) is 2. The first-order chi connectivity index (χ1) is 14.7. The first kappa shape index (κ1) is 20.8. The molecule has 4 heteroatoms. The predicted molar refractivity (Wildman–Crippen MR) is 118 cm³/mol. The lowest BCUT2D eigenvalue weighted by Crippen LogP contribution is -2.08. The van der Waals surface area contributed by atoms with Gasteiger partial charge in [0, 0.05) is 0 Å². The summed E-state index contributed by atoms with van der Waals surface area (Å²) in [5, 5.41) is 0. The Morgan fingerprint density at radius 1 is 0.567 bits per heavy atom. The van der Waals surface area contributed by atoms with Gasteiger partial charge in [-0.15, -0.1) is 0 Å². The third-order valence-electron chi connectivity index (χ3n) is 4.20. The van der Waals surface area contributed by atoms with Crippen LogP contribution in [0.3, 0.4) is 0 Å². The second-order valence-corrected chi connectivity index (χ2v) is 6.40. The first-order valence-electron chi connectivity index (χ1n) is 9.60. The molecule has 30 heavy (non-hydrogen) atoms. The zero-order valence-electron chi connectivity index (χ0n) is 16.4. The van der Waals surface area contributed by atoms with E-state index in [1.165, 1.54) is 0 Å². The molecule has 0 aromatic heterocycles. The van der Waals surface area contributed by atoms with Crippen LogP contribution in [-0.4, -0.2) is 25.2 Å². The van der Waals surface area contributed by atoms with Crippen molar-refractivity contribution in [2.24, 2.45) is 0 Å². The quantitative estimate of drug-likeness (QED) is 0.475. The van der Waals surface area contributed by atoms with E-state index in [4.69, 9.17) is 9.47 Å². The van der Waals surface area contributed by atoms with Crippen molar-refractivity contribution in [2.75, 3.05) is 13.2 Å². The molecule has 0 radical (unpaired) electrons. The highest BCUT2D eigenvalue weighted by atomic mass is 16.5. The van der Waals surface area contributed by atoms with E-state index in [1.807, 2.05) is 72.8 Å². The predicted octanol–water partition coefficient (Wildman–Crippen LogP) is 5.43. The van der Waals surface area contributed by atoms with Crippen LogP contribution in [0.4, 0.5) is 0 Å². The molecule has 0 spiro atoms. The highest BCUT2D eigenvalue weighted by molar-refractivity contribution is 5.93. The second-order valence-electron chi connectivity index (χ2n) is 6.40. The van der Waals surface area contributed by atoms with E-state index in [-0.39, 0.29) is 13.2 Å². The Morgan fingerprint density at radius 2 is 0.933 bits per heavy atom. The highest BCUT2D eigenvalue weighted by Gasteiger charge is 2.10. The topological polar surface area (TPSA) is 52.6 Å². The van der Waals surface area contributed by atoms with E-state index < -0.39 is 11.9 Å². The third-order valence-corrected chi connectivity index (χ3v) is 4.20. The Hall–Kier alpha value is -3.92. The standard InChI is InChI=1S/C26H22O4/c27-25(29-19-7-13-21-9-3-1-4-10-21)23-15-17-24(18-16-23)26(28)30-20-8-14-22-11-5-2-6-12-22/h1-18H,19-20H2. The third kappa shape index (κ3) is 6.60. The van der Waals surface area contributed by atoms with Crippen LogP contribution in [0.5, 0.6) is 0 Å². The van der Waals surface area contributed by atoms with E-state index in [0.29, 0.717) is 11.1 Å². The summed E-state index contributed by atoms with van der Waals surface area (Å²) in [7, 11) is 0. The number of esters is 2. The molecule has 3 aromatic rings. The molecule has 4 nitrogen and oxygen atoms in total. The number of benzene rings is 3. The summed E-state index contributed by atoms with van der Waals surface area (Å²) in [5.41, 5.74) is 2.83. The average Bonchev–Trinajstić information content (AvgIpc) is 2.81. The Labute approximate surface area is 176 Å². The minimum Gasteiger partial charge on any atom is -0.458 e. The van der Waals surface area contributed by atoms with Gasteiger partial charge in [-0.3, -0.25) is 0 Å². The molecule has 0 N–H and O–H groups in total. The molecule has 0 fully saturated rings. The molecule has 0 unspecified atom stereocenters. The Kier molecular flexibility index (Phi) is 7.75. The molecule has 0 aliphatic rings. The van der Waals surface area contributed by atoms with Gasteiger partial charge >= 0.3 is 11.9 Å². The number of carbonyl (C=O) groups is 2. The van der Waals surface area contributed by atoms with Crippen LogP contribution in [0.2, 0.25) is 0 Å². The van der Waals surface area contributed by atoms with Crippen LogP contribution < -0.4 is 0 Å². The normalized spacial score (nSPS) is 10.9. The van der Waals surface area contributed by atoms with Gasteiger partial charge in [-0.05, 0) is 47.5 Å². The van der Waals surface area contributed by atoms with Gasteiger partial charge in [0.15, 0.2) is 0 Å². The van der Waals surface area contributed by atoms with Gasteiger partial charge in [0.2, 0.25) is 0 Å². The summed E-state index contributed by atoms with van der Waals surface area (Å²) in [5.74, 6) is -0.892. The van der Waals surface area contributed by atoms with Crippen molar-refractivity contribution < 1.29 is 19.1 Å². The number of hydrogen-bond acceptors (Lipinski definition) is 4. The van der Waals surface area contributed by atoms with Crippen LogP contribution in [-0.2, 0) is 9.47 Å². The molecule has 0 amide bonds. The molecule has 0 atom stereocenters. The van der Waals surface area contributed by atoms with Crippen molar-refractivity contribution >= 4 is 24.1 Å². The van der Waals surface area contributed by atoms with Crippen LogP contribution >= 0.6 is 0 Å². The summed E-state index contributed by atoms with van der Waals surface area (Å²) >= 11 is 0. The Balaban J connectivity index is 1.44. The number of carbonyl (C=O) groups excluding carboxylic acids is 2. The zero-order chi connectivity index (χ0) is 21.0. The van der Waals surface area contributed by atoms with Gasteiger partial charge in [0.25, 0.3) is 0 Å². The Morgan fingerprint density at radius 3 is 1.30 bits per heavy atom. The van der Waals surface area contributed by atoms with Crippen molar-refractivity contribution in [3.05, 3.63) is 119 Å². The van der Waals surface area contributed by atoms with E-state index in [2.05, 4.69) is 0 Å². The van der Waals surface area contributed by atoms with Crippen LogP contribution in [0, 0.1) is 0 Å². The average molecular weight is 398 g/mol. The van der Waals surface area contributed by atoms with Crippen LogP contribution in [0.1, 0.15) is 31.8 Å². The largest absolute Gasteiger partial charge is 0.458 e. The second kappa shape index (κ2) is 11.2. The zero-order valence-corrected chi connectivity index (χ0v) is 16.4. The van der Waals surface area contributed by atoms with E-state index in [1.54, 1.807) is 36.4 Å². The lowest BCUT2D eigenvalue weighted by Gasteiger charge is -2.04. The molecular weight excluding hydrogens is 376 g/mol. The molecule has 0 heterocycles. The van der Waals surface area contributed by atoms with Gasteiger partial charge in [-0.25, -0.2) is 9.59 Å². The number of rotatable bonds is 8. The minimum absolute atomic E-state index is 0.172.